The summed E-state index contributed by atoms with van der Waals surface area (Å²) in [6.07, 6.45) is 0.418. The van der Waals surface area contributed by atoms with E-state index in [0.29, 0.717) is 24.3 Å². The lowest BCUT2D eigenvalue weighted by molar-refractivity contribution is -0.124. The van der Waals surface area contributed by atoms with E-state index in [1.807, 2.05) is 24.3 Å². The Morgan fingerprint density at radius 3 is 2.17 bits per heavy atom. The molecule has 1 saturated heterocycles. The van der Waals surface area contributed by atoms with E-state index >= 15 is 0 Å². The van der Waals surface area contributed by atoms with Crippen LogP contribution in [0.3, 0.4) is 0 Å². The number of nitrogens with zero attached hydrogens (tertiary/aromatic N) is 2. The predicted octanol–water partition coefficient (Wildman–Crippen LogP) is 4.55. The van der Waals surface area contributed by atoms with Gasteiger partial charge in [0.2, 0.25) is 5.91 Å². The van der Waals surface area contributed by atoms with Crippen molar-refractivity contribution in [1.82, 2.24) is 4.90 Å². The first-order valence-corrected chi connectivity index (χ1v) is 11.3. The van der Waals surface area contributed by atoms with Crippen molar-refractivity contribution in [1.29, 1.82) is 0 Å². The second-order valence-electron chi connectivity index (χ2n) is 8.00. The topological polar surface area (TPSA) is 61.9 Å². The normalized spacial score (nSPS) is 15.5. The summed E-state index contributed by atoms with van der Waals surface area (Å²) < 4.78 is 31.8. The second kappa shape index (κ2) is 10.6. The highest BCUT2D eigenvalue weighted by Crippen LogP contribution is 2.28. The number of methoxy groups -OCH3 is 1. The third-order valence-electron chi connectivity index (χ3n) is 5.71. The SMILES string of the molecule is COc1ccc(CCN2C(=S)N(c3ccc(F)cc3)C(=O)[C@@H]2CC(=O)Nc2ccc(F)cc2)cc1. The molecule has 1 atom stereocenters. The van der Waals surface area contributed by atoms with Crippen LogP contribution in [0.4, 0.5) is 20.2 Å². The second-order valence-corrected chi connectivity index (χ2v) is 8.36. The van der Waals surface area contributed by atoms with Crippen LogP contribution >= 0.6 is 12.2 Å². The van der Waals surface area contributed by atoms with Gasteiger partial charge in [0.25, 0.3) is 5.91 Å². The van der Waals surface area contributed by atoms with Crippen molar-refractivity contribution < 1.29 is 23.1 Å². The van der Waals surface area contributed by atoms with Crippen molar-refractivity contribution in [2.24, 2.45) is 0 Å². The number of hydrogen-bond acceptors (Lipinski definition) is 4. The molecule has 180 valence electrons. The highest BCUT2D eigenvalue weighted by molar-refractivity contribution is 7.80. The fourth-order valence-electron chi connectivity index (χ4n) is 3.88. The van der Waals surface area contributed by atoms with Crippen molar-refractivity contribution in [3.05, 3.63) is 90.0 Å². The Balaban J connectivity index is 1.54. The van der Waals surface area contributed by atoms with Crippen LogP contribution in [0.25, 0.3) is 0 Å². The van der Waals surface area contributed by atoms with E-state index in [1.54, 1.807) is 12.0 Å². The number of hydrogen-bond donors (Lipinski definition) is 1. The Labute approximate surface area is 207 Å². The molecule has 1 fully saturated rings. The minimum absolute atomic E-state index is 0.156. The predicted molar refractivity (Wildman–Crippen MR) is 133 cm³/mol. The Kier molecular flexibility index (Phi) is 7.36. The monoisotopic (exact) mass is 495 g/mol. The van der Waals surface area contributed by atoms with Gasteiger partial charge in [-0.1, -0.05) is 12.1 Å². The van der Waals surface area contributed by atoms with Crippen LogP contribution in [0.2, 0.25) is 0 Å². The van der Waals surface area contributed by atoms with Crippen molar-refractivity contribution in [2.45, 2.75) is 18.9 Å². The molecule has 3 aromatic carbocycles. The molecule has 0 saturated carbocycles. The molecule has 0 spiro atoms. The maximum atomic E-state index is 13.5. The minimum atomic E-state index is -0.841. The van der Waals surface area contributed by atoms with E-state index < -0.39 is 23.6 Å². The third kappa shape index (κ3) is 5.63. The van der Waals surface area contributed by atoms with Gasteiger partial charge in [0.1, 0.15) is 23.4 Å². The molecule has 6 nitrogen and oxygen atoms in total. The van der Waals surface area contributed by atoms with Gasteiger partial charge in [0.05, 0.1) is 19.2 Å². The molecule has 0 unspecified atom stereocenters. The average molecular weight is 496 g/mol. The van der Waals surface area contributed by atoms with E-state index in [9.17, 15) is 18.4 Å². The van der Waals surface area contributed by atoms with Crippen LogP contribution in [0.5, 0.6) is 5.75 Å². The first-order valence-electron chi connectivity index (χ1n) is 10.9. The lowest BCUT2D eigenvalue weighted by atomic mass is 10.1. The zero-order valence-electron chi connectivity index (χ0n) is 18.9. The molecule has 1 heterocycles. The van der Waals surface area contributed by atoms with E-state index in [4.69, 9.17) is 17.0 Å². The lowest BCUT2D eigenvalue weighted by Gasteiger charge is -2.24. The average Bonchev–Trinajstić information content (AvgIpc) is 3.08. The van der Waals surface area contributed by atoms with Gasteiger partial charge < -0.3 is 15.0 Å². The number of carbonyl (C=O) groups is 2. The summed E-state index contributed by atoms with van der Waals surface area (Å²) in [7, 11) is 1.59. The van der Waals surface area contributed by atoms with Gasteiger partial charge in [0, 0.05) is 12.2 Å². The van der Waals surface area contributed by atoms with Crippen molar-refractivity contribution in [3.63, 3.8) is 0 Å². The molecule has 35 heavy (non-hydrogen) atoms. The fraction of sp³-hybridized carbons (Fsp3) is 0.192. The van der Waals surface area contributed by atoms with Crippen LogP contribution in [0.1, 0.15) is 12.0 Å². The van der Waals surface area contributed by atoms with Gasteiger partial charge >= 0.3 is 0 Å². The third-order valence-corrected chi connectivity index (χ3v) is 6.13. The summed E-state index contributed by atoms with van der Waals surface area (Å²) >= 11 is 5.63. The van der Waals surface area contributed by atoms with Crippen molar-refractivity contribution in [3.8, 4) is 5.75 Å². The van der Waals surface area contributed by atoms with Crippen LogP contribution < -0.4 is 15.0 Å². The molecule has 1 N–H and O–H groups in total. The van der Waals surface area contributed by atoms with Crippen molar-refractivity contribution >= 4 is 40.5 Å². The molecule has 9 heteroatoms. The molecule has 0 aliphatic carbocycles. The summed E-state index contributed by atoms with van der Waals surface area (Å²) in [5.41, 5.74) is 1.86. The van der Waals surface area contributed by atoms with Gasteiger partial charge in [-0.05, 0) is 84.9 Å². The molecule has 0 radical (unpaired) electrons. The molecule has 0 bridgehead atoms. The molecule has 1 aliphatic heterocycles. The standard InChI is InChI=1S/C26H23F2N3O3S/c1-34-22-12-2-17(3-13-22)14-15-30-23(16-24(32)29-20-8-4-18(27)5-9-20)25(33)31(26(30)35)21-10-6-19(28)7-11-21/h2-13,23H,14-16H2,1H3,(H,29,32)/t23-/m0/s1. The summed E-state index contributed by atoms with van der Waals surface area (Å²) in [5, 5.41) is 2.94. The largest absolute Gasteiger partial charge is 0.497 e. The molecular formula is C26H23F2N3O3S. The number of halogens is 2. The maximum Gasteiger partial charge on any atom is 0.256 e. The fourth-order valence-corrected chi connectivity index (χ4v) is 4.29. The number of rotatable bonds is 8. The number of anilines is 2. The van der Waals surface area contributed by atoms with Gasteiger partial charge in [-0.15, -0.1) is 0 Å². The Bertz CT molecular complexity index is 1220. The maximum absolute atomic E-state index is 13.5. The van der Waals surface area contributed by atoms with Gasteiger partial charge in [-0.3, -0.25) is 14.5 Å². The molecular weight excluding hydrogens is 472 g/mol. The van der Waals surface area contributed by atoms with Crippen LogP contribution in [-0.4, -0.2) is 41.5 Å². The number of thiocarbonyl (C=S) groups is 1. The molecule has 2 amide bonds. The van der Waals surface area contributed by atoms with Gasteiger partial charge in [0.15, 0.2) is 5.11 Å². The van der Waals surface area contributed by atoms with E-state index in [-0.39, 0.29) is 17.4 Å². The van der Waals surface area contributed by atoms with E-state index in [0.717, 1.165) is 11.3 Å². The smallest absolute Gasteiger partial charge is 0.256 e. The number of benzene rings is 3. The number of ether oxygens (including phenoxy) is 1. The Morgan fingerprint density at radius 2 is 1.57 bits per heavy atom. The number of carbonyl (C=O) groups excluding carboxylic acids is 2. The Morgan fingerprint density at radius 1 is 0.971 bits per heavy atom. The zero-order valence-corrected chi connectivity index (χ0v) is 19.7. The summed E-state index contributed by atoms with van der Waals surface area (Å²) in [6.45, 7) is 0.392. The quantitative estimate of drug-likeness (QED) is 0.465. The summed E-state index contributed by atoms with van der Waals surface area (Å²) in [4.78, 5) is 29.2. The molecule has 1 aliphatic rings. The molecule has 3 aromatic rings. The minimum Gasteiger partial charge on any atom is -0.497 e. The highest BCUT2D eigenvalue weighted by Gasteiger charge is 2.43. The first kappa shape index (κ1) is 24.3. The van der Waals surface area contributed by atoms with Gasteiger partial charge in [-0.25, -0.2) is 8.78 Å². The first-order chi connectivity index (χ1) is 16.9. The number of nitrogens with one attached hydrogen (secondary N) is 1. The van der Waals surface area contributed by atoms with E-state index in [1.165, 1.54) is 53.4 Å². The lowest BCUT2D eigenvalue weighted by Crippen LogP contribution is -2.39. The zero-order chi connectivity index (χ0) is 24.9. The molecule has 0 aromatic heterocycles. The van der Waals surface area contributed by atoms with Crippen LogP contribution in [-0.2, 0) is 16.0 Å². The van der Waals surface area contributed by atoms with Gasteiger partial charge in [-0.2, -0.15) is 0 Å². The Hall–Kier alpha value is -3.85. The van der Waals surface area contributed by atoms with Crippen LogP contribution in [0, 0.1) is 11.6 Å². The molecule has 4 rings (SSSR count). The number of amides is 2. The van der Waals surface area contributed by atoms with Crippen LogP contribution in [0.15, 0.2) is 72.8 Å². The summed E-state index contributed by atoms with van der Waals surface area (Å²) in [6, 6.07) is 17.5. The summed E-state index contributed by atoms with van der Waals surface area (Å²) in [5.74, 6) is -0.894. The van der Waals surface area contributed by atoms with Crippen molar-refractivity contribution in [2.75, 3.05) is 23.9 Å². The highest BCUT2D eigenvalue weighted by atomic mass is 32.1. The van der Waals surface area contributed by atoms with E-state index in [2.05, 4.69) is 5.32 Å².